The van der Waals surface area contributed by atoms with E-state index in [1.165, 1.54) is 11.3 Å². The normalized spacial score (nSPS) is 10.9. The Kier molecular flexibility index (Phi) is 6.33. The summed E-state index contributed by atoms with van der Waals surface area (Å²) in [6.45, 7) is 2.79. The third-order valence-electron chi connectivity index (χ3n) is 2.98. The minimum absolute atomic E-state index is 0.0276. The van der Waals surface area contributed by atoms with Crippen molar-refractivity contribution in [3.05, 3.63) is 47.0 Å². The van der Waals surface area contributed by atoms with Crippen molar-refractivity contribution in [3.8, 4) is 11.8 Å². The lowest BCUT2D eigenvalue weighted by atomic mass is 10.1. The molecule has 1 heterocycles. The molecule has 2 rings (SSSR count). The summed E-state index contributed by atoms with van der Waals surface area (Å²) in [6, 6.07) is 9.20. The van der Waals surface area contributed by atoms with E-state index >= 15 is 0 Å². The number of thiazole rings is 1. The Labute approximate surface area is 139 Å². The zero-order chi connectivity index (χ0) is 16.5. The van der Waals surface area contributed by atoms with E-state index < -0.39 is 5.91 Å². The topological polar surface area (TPSA) is 75.0 Å². The van der Waals surface area contributed by atoms with Crippen molar-refractivity contribution in [2.24, 2.45) is 0 Å². The minimum Gasteiger partial charge on any atom is -0.494 e. The highest BCUT2D eigenvalue weighted by Crippen LogP contribution is 2.16. The van der Waals surface area contributed by atoms with Crippen LogP contribution in [0, 0.1) is 11.3 Å². The molecule has 0 bridgehead atoms. The molecule has 2 aromatic rings. The molecule has 0 radical (unpaired) electrons. The van der Waals surface area contributed by atoms with E-state index in [2.05, 4.69) is 17.2 Å². The summed E-state index contributed by atoms with van der Waals surface area (Å²) in [4.78, 5) is 16.0. The largest absolute Gasteiger partial charge is 0.494 e. The van der Waals surface area contributed by atoms with Gasteiger partial charge in [-0.1, -0.05) is 25.5 Å². The predicted molar refractivity (Wildman–Crippen MR) is 91.2 cm³/mol. The van der Waals surface area contributed by atoms with E-state index in [1.54, 1.807) is 17.7 Å². The number of ether oxygens (including phenoxy) is 1. The van der Waals surface area contributed by atoms with Gasteiger partial charge in [-0.3, -0.25) is 10.1 Å². The Bertz CT molecular complexity index is 700. The van der Waals surface area contributed by atoms with Gasteiger partial charge in [0.25, 0.3) is 5.91 Å². The number of hydrogen-bond donors (Lipinski definition) is 1. The van der Waals surface area contributed by atoms with Crippen LogP contribution in [0.3, 0.4) is 0 Å². The molecule has 1 N–H and O–H groups in total. The first-order valence-electron chi connectivity index (χ1n) is 7.28. The average molecular weight is 327 g/mol. The monoisotopic (exact) mass is 327 g/mol. The number of carbonyl (C=O) groups excluding carboxylic acids is 1. The second-order valence-corrected chi connectivity index (χ2v) is 5.63. The third kappa shape index (κ3) is 5.24. The Morgan fingerprint density at radius 1 is 1.43 bits per heavy atom. The van der Waals surface area contributed by atoms with E-state index in [1.807, 2.05) is 30.3 Å². The Morgan fingerprint density at radius 2 is 2.22 bits per heavy atom. The van der Waals surface area contributed by atoms with Crippen LogP contribution in [-0.2, 0) is 4.79 Å². The summed E-state index contributed by atoms with van der Waals surface area (Å²) in [5.74, 6) is 0.312. The highest BCUT2D eigenvalue weighted by molar-refractivity contribution is 7.13. The second-order valence-electron chi connectivity index (χ2n) is 4.73. The molecule has 23 heavy (non-hydrogen) atoms. The number of benzene rings is 1. The maximum absolute atomic E-state index is 12.0. The number of nitrogens with zero attached hydrogens (tertiary/aromatic N) is 2. The third-order valence-corrected chi connectivity index (χ3v) is 3.66. The number of nitriles is 1. The fourth-order valence-electron chi connectivity index (χ4n) is 1.76. The standard InChI is InChI=1S/C17H17N3O2S/c1-2-3-9-22-15-6-4-13(5-7-15)11-14(12-18)16(21)20-17-19-8-10-23-17/h4-8,10-11H,2-3,9H2,1H3,(H,19,20,21). The van der Waals surface area contributed by atoms with Gasteiger partial charge in [0.1, 0.15) is 17.4 Å². The summed E-state index contributed by atoms with van der Waals surface area (Å²) in [5, 5.41) is 14.0. The van der Waals surface area contributed by atoms with Gasteiger partial charge in [0.15, 0.2) is 5.13 Å². The molecule has 1 aromatic heterocycles. The van der Waals surface area contributed by atoms with Gasteiger partial charge in [0, 0.05) is 11.6 Å². The van der Waals surface area contributed by atoms with Crippen molar-refractivity contribution in [3.63, 3.8) is 0 Å². The van der Waals surface area contributed by atoms with Gasteiger partial charge < -0.3 is 4.74 Å². The molecular formula is C17H17N3O2S. The summed E-state index contributed by atoms with van der Waals surface area (Å²) in [5.41, 5.74) is 0.790. The lowest BCUT2D eigenvalue weighted by molar-refractivity contribution is -0.112. The van der Waals surface area contributed by atoms with Crippen molar-refractivity contribution in [2.45, 2.75) is 19.8 Å². The molecular weight excluding hydrogens is 310 g/mol. The first-order valence-corrected chi connectivity index (χ1v) is 8.16. The van der Waals surface area contributed by atoms with Crippen LogP contribution in [0.5, 0.6) is 5.75 Å². The zero-order valence-corrected chi connectivity index (χ0v) is 13.6. The molecule has 0 fully saturated rings. The maximum atomic E-state index is 12.0. The van der Waals surface area contributed by atoms with Gasteiger partial charge in [-0.2, -0.15) is 5.26 Å². The van der Waals surface area contributed by atoms with E-state index in [0.717, 1.165) is 24.2 Å². The molecule has 0 unspecified atom stereocenters. The smallest absolute Gasteiger partial charge is 0.268 e. The van der Waals surface area contributed by atoms with Gasteiger partial charge in [-0.05, 0) is 30.2 Å². The van der Waals surface area contributed by atoms with Gasteiger partial charge in [-0.15, -0.1) is 11.3 Å². The lowest BCUT2D eigenvalue weighted by Gasteiger charge is -2.05. The number of amides is 1. The summed E-state index contributed by atoms with van der Waals surface area (Å²) in [6.07, 6.45) is 5.23. The molecule has 0 spiro atoms. The van der Waals surface area contributed by atoms with Gasteiger partial charge >= 0.3 is 0 Å². The molecule has 0 saturated heterocycles. The quantitative estimate of drug-likeness (QED) is 0.476. The summed E-state index contributed by atoms with van der Waals surface area (Å²) < 4.78 is 5.58. The van der Waals surface area contributed by atoms with Crippen LogP contribution in [-0.4, -0.2) is 17.5 Å². The number of rotatable bonds is 7. The molecule has 0 aliphatic carbocycles. The molecule has 6 heteroatoms. The maximum Gasteiger partial charge on any atom is 0.268 e. The highest BCUT2D eigenvalue weighted by atomic mass is 32.1. The van der Waals surface area contributed by atoms with Crippen molar-refractivity contribution in [1.29, 1.82) is 5.26 Å². The predicted octanol–water partition coefficient (Wildman–Crippen LogP) is 3.87. The fourth-order valence-corrected chi connectivity index (χ4v) is 2.28. The molecule has 118 valence electrons. The number of unbranched alkanes of at least 4 members (excludes halogenated alkanes) is 1. The summed E-state index contributed by atoms with van der Waals surface area (Å²) in [7, 11) is 0. The summed E-state index contributed by atoms with van der Waals surface area (Å²) >= 11 is 1.30. The minimum atomic E-state index is -0.467. The number of anilines is 1. The fraction of sp³-hybridized carbons (Fsp3) is 0.235. The van der Waals surface area contributed by atoms with E-state index in [9.17, 15) is 4.79 Å². The number of carbonyl (C=O) groups is 1. The van der Waals surface area contributed by atoms with Gasteiger partial charge in [-0.25, -0.2) is 4.98 Å². The van der Waals surface area contributed by atoms with Crippen molar-refractivity contribution in [2.75, 3.05) is 11.9 Å². The van der Waals surface area contributed by atoms with Crippen LogP contribution in [0.2, 0.25) is 0 Å². The molecule has 1 aromatic carbocycles. The van der Waals surface area contributed by atoms with Crippen LogP contribution in [0.15, 0.2) is 41.4 Å². The molecule has 0 aliphatic heterocycles. The van der Waals surface area contributed by atoms with E-state index in [4.69, 9.17) is 10.00 Å². The van der Waals surface area contributed by atoms with Crippen LogP contribution < -0.4 is 10.1 Å². The van der Waals surface area contributed by atoms with Crippen LogP contribution in [0.1, 0.15) is 25.3 Å². The Hall–Kier alpha value is -2.65. The van der Waals surface area contributed by atoms with Crippen molar-refractivity contribution in [1.82, 2.24) is 4.98 Å². The SMILES string of the molecule is CCCCOc1ccc(C=C(C#N)C(=O)Nc2nccs2)cc1. The molecule has 0 saturated carbocycles. The zero-order valence-electron chi connectivity index (χ0n) is 12.8. The first kappa shape index (κ1) is 16.7. The Balaban J connectivity index is 2.02. The van der Waals surface area contributed by atoms with Crippen molar-refractivity contribution < 1.29 is 9.53 Å². The van der Waals surface area contributed by atoms with Gasteiger partial charge in [0.05, 0.1) is 6.61 Å². The highest BCUT2D eigenvalue weighted by Gasteiger charge is 2.10. The van der Waals surface area contributed by atoms with E-state index in [-0.39, 0.29) is 5.57 Å². The molecule has 1 amide bonds. The second kappa shape index (κ2) is 8.71. The van der Waals surface area contributed by atoms with Crippen LogP contribution >= 0.6 is 11.3 Å². The number of hydrogen-bond acceptors (Lipinski definition) is 5. The van der Waals surface area contributed by atoms with Crippen molar-refractivity contribution >= 4 is 28.5 Å². The Morgan fingerprint density at radius 3 is 2.83 bits per heavy atom. The molecule has 0 aliphatic rings. The molecule has 5 nitrogen and oxygen atoms in total. The average Bonchev–Trinajstić information content (AvgIpc) is 3.07. The van der Waals surface area contributed by atoms with Crippen LogP contribution in [0.4, 0.5) is 5.13 Å². The van der Waals surface area contributed by atoms with Crippen LogP contribution in [0.25, 0.3) is 6.08 Å². The lowest BCUT2D eigenvalue weighted by Crippen LogP contribution is -2.13. The molecule has 0 atom stereocenters. The number of nitrogens with one attached hydrogen (secondary N) is 1. The van der Waals surface area contributed by atoms with E-state index in [0.29, 0.717) is 11.7 Å². The van der Waals surface area contributed by atoms with Gasteiger partial charge in [0.2, 0.25) is 0 Å². The number of aromatic nitrogens is 1. The first-order chi connectivity index (χ1) is 11.2.